The van der Waals surface area contributed by atoms with E-state index >= 15 is 0 Å². The molecular weight excluding hydrogens is 229 g/mol. The third-order valence-electron chi connectivity index (χ3n) is 1.76. The molecule has 0 amide bonds. The number of nitrogens with zero attached hydrogens (tertiary/aromatic N) is 1. The molecule has 0 aliphatic heterocycles. The maximum atomic E-state index is 8.17. The Morgan fingerprint density at radius 2 is 1.12 bits per heavy atom. The number of hydrogen-bond donors (Lipinski definition) is 6. The summed E-state index contributed by atoms with van der Waals surface area (Å²) in [6.07, 6.45) is -0.954. The van der Waals surface area contributed by atoms with Gasteiger partial charge in [0.1, 0.15) is 6.10 Å². The Balaban J connectivity index is -0.000000180. The van der Waals surface area contributed by atoms with Gasteiger partial charge in [0.2, 0.25) is 0 Å². The van der Waals surface area contributed by atoms with E-state index in [4.69, 9.17) is 30.4 Å². The molecule has 0 aromatic carbocycles. The van der Waals surface area contributed by atoms with Crippen LogP contribution in [0.4, 0.5) is 0 Å². The fraction of sp³-hybridized carbons (Fsp3) is 1.00. The van der Waals surface area contributed by atoms with Gasteiger partial charge in [-0.3, -0.25) is 0 Å². The molecule has 106 valence electrons. The molecule has 17 heavy (non-hydrogen) atoms. The molecule has 0 aliphatic rings. The summed E-state index contributed by atoms with van der Waals surface area (Å²) in [6, 6.07) is 0. The highest BCUT2D eigenvalue weighted by molar-refractivity contribution is 6.30. The normalized spacial score (nSPS) is 9.35. The molecule has 0 heterocycles. The minimum atomic E-state index is -2.17. The predicted octanol–water partition coefficient (Wildman–Crippen LogP) is -2.37. The first-order valence-corrected chi connectivity index (χ1v) is 5.55. The lowest BCUT2D eigenvalue weighted by atomic mass is 10.3. The van der Waals surface area contributed by atoms with Crippen molar-refractivity contribution in [1.82, 2.24) is 4.90 Å². The highest BCUT2D eigenvalue weighted by Gasteiger charge is 1.94. The zero-order valence-corrected chi connectivity index (χ0v) is 10.8. The summed E-state index contributed by atoms with van der Waals surface area (Å²) in [7, 11) is -2.17. The van der Waals surface area contributed by atoms with Crippen LogP contribution in [-0.2, 0) is 0 Å². The summed E-state index contributed by atoms with van der Waals surface area (Å²) in [5.74, 6) is 0. The van der Waals surface area contributed by atoms with Gasteiger partial charge >= 0.3 is 7.32 Å². The van der Waals surface area contributed by atoms with Crippen molar-refractivity contribution in [3.8, 4) is 0 Å². The summed E-state index contributed by atoms with van der Waals surface area (Å²) in [4.78, 5) is 2.38. The van der Waals surface area contributed by atoms with Gasteiger partial charge in [-0.1, -0.05) is 20.8 Å². The van der Waals surface area contributed by atoms with Crippen LogP contribution in [0, 0.1) is 0 Å². The summed E-state index contributed by atoms with van der Waals surface area (Å²) in [5, 5.41) is 45.5. The molecule has 0 fully saturated rings. The minimum Gasteiger partial charge on any atom is -0.402 e. The van der Waals surface area contributed by atoms with E-state index in [1.165, 1.54) is 19.6 Å². The van der Waals surface area contributed by atoms with Crippen molar-refractivity contribution >= 4 is 7.32 Å². The molecule has 7 nitrogen and oxygen atoms in total. The van der Waals surface area contributed by atoms with Crippen LogP contribution in [0.25, 0.3) is 0 Å². The molecule has 0 aliphatic carbocycles. The highest BCUT2D eigenvalue weighted by Crippen LogP contribution is 1.81. The first-order chi connectivity index (χ1) is 7.89. The summed E-state index contributed by atoms with van der Waals surface area (Å²) in [6.45, 7) is 9.40. The van der Waals surface area contributed by atoms with Crippen LogP contribution >= 0.6 is 0 Å². The monoisotopic (exact) mass is 255 g/mol. The fourth-order valence-electron chi connectivity index (χ4n) is 0.729. The first-order valence-electron chi connectivity index (χ1n) is 5.55. The molecule has 0 spiro atoms. The van der Waals surface area contributed by atoms with Crippen molar-refractivity contribution < 1.29 is 30.4 Å². The number of hydrogen-bond acceptors (Lipinski definition) is 7. The highest BCUT2D eigenvalue weighted by atomic mass is 16.5. The van der Waals surface area contributed by atoms with E-state index in [9.17, 15) is 0 Å². The van der Waals surface area contributed by atoms with Crippen LogP contribution in [0.15, 0.2) is 0 Å². The third-order valence-corrected chi connectivity index (χ3v) is 1.76. The number of aliphatic hydroxyl groups is 3. The number of aliphatic hydroxyl groups excluding tert-OH is 3. The third kappa shape index (κ3) is 31.3. The van der Waals surface area contributed by atoms with Crippen LogP contribution < -0.4 is 0 Å². The largest absolute Gasteiger partial charge is 0.631 e. The zero-order valence-electron chi connectivity index (χ0n) is 10.8. The second-order valence-corrected chi connectivity index (χ2v) is 2.98. The maximum absolute atomic E-state index is 8.17. The fourth-order valence-corrected chi connectivity index (χ4v) is 0.729. The van der Waals surface area contributed by atoms with E-state index < -0.39 is 13.4 Å². The molecule has 0 rings (SSSR count). The molecule has 0 radical (unpaired) electrons. The Bertz CT molecular complexity index is 114. The van der Waals surface area contributed by atoms with Gasteiger partial charge in [0, 0.05) is 0 Å². The van der Waals surface area contributed by atoms with Gasteiger partial charge in [0.15, 0.2) is 0 Å². The maximum Gasteiger partial charge on any atom is 0.631 e. The van der Waals surface area contributed by atoms with Crippen molar-refractivity contribution in [3.63, 3.8) is 0 Å². The van der Waals surface area contributed by atoms with E-state index in [0.717, 1.165) is 0 Å². The predicted molar refractivity (Wildman–Crippen MR) is 66.1 cm³/mol. The topological polar surface area (TPSA) is 125 Å². The SMILES string of the molecule is CCN(CC)CC.OB(O)O.OCC(O)CO. The standard InChI is InChI=1S/C6H15N.C3H8O3.BH3O3/c1-4-7(5-2)6-3;4-1-3(6)2-5;2-1(3)4/h4-6H2,1-3H3;3-6H,1-2H2;2-4H. The molecule has 0 unspecified atom stereocenters. The second-order valence-electron chi connectivity index (χ2n) is 2.98. The molecule has 0 aromatic heterocycles. The van der Waals surface area contributed by atoms with Crippen LogP contribution in [0.5, 0.6) is 0 Å². The molecule has 8 heteroatoms. The van der Waals surface area contributed by atoms with Gasteiger partial charge in [-0.25, -0.2) is 0 Å². The van der Waals surface area contributed by atoms with Gasteiger partial charge in [0.05, 0.1) is 13.2 Å². The van der Waals surface area contributed by atoms with Gasteiger partial charge in [-0.2, -0.15) is 0 Å². The Kier molecular flexibility index (Phi) is 23.5. The minimum absolute atomic E-state index is 0.365. The average Bonchev–Trinajstić information content (AvgIpc) is 2.30. The number of rotatable bonds is 5. The average molecular weight is 255 g/mol. The van der Waals surface area contributed by atoms with E-state index in [-0.39, 0.29) is 13.2 Å². The summed E-state index contributed by atoms with van der Waals surface area (Å²) in [5.41, 5.74) is 0. The second kappa shape index (κ2) is 18.2. The molecule has 0 saturated heterocycles. The first kappa shape index (κ1) is 22.0. The van der Waals surface area contributed by atoms with Crippen molar-refractivity contribution in [3.05, 3.63) is 0 Å². The van der Waals surface area contributed by atoms with Crippen molar-refractivity contribution in [2.24, 2.45) is 0 Å². The van der Waals surface area contributed by atoms with Crippen molar-refractivity contribution in [2.45, 2.75) is 26.9 Å². The van der Waals surface area contributed by atoms with Crippen molar-refractivity contribution in [2.75, 3.05) is 32.8 Å². The molecule has 0 aromatic rings. The Morgan fingerprint density at radius 3 is 1.12 bits per heavy atom. The van der Waals surface area contributed by atoms with E-state index in [1.807, 2.05) is 0 Å². The lowest BCUT2D eigenvalue weighted by molar-refractivity contribution is 0.0450. The van der Waals surface area contributed by atoms with Gasteiger partial charge < -0.3 is 35.3 Å². The zero-order chi connectivity index (χ0) is 14.3. The lowest BCUT2D eigenvalue weighted by Gasteiger charge is -2.13. The summed E-state index contributed by atoms with van der Waals surface area (Å²) < 4.78 is 0. The Labute approximate surface area is 103 Å². The molecule has 0 atom stereocenters. The van der Waals surface area contributed by atoms with Crippen LogP contribution in [0.2, 0.25) is 0 Å². The van der Waals surface area contributed by atoms with E-state index in [0.29, 0.717) is 0 Å². The lowest BCUT2D eigenvalue weighted by Crippen LogP contribution is -2.21. The van der Waals surface area contributed by atoms with E-state index in [2.05, 4.69) is 25.7 Å². The molecule has 0 saturated carbocycles. The smallest absolute Gasteiger partial charge is 0.402 e. The van der Waals surface area contributed by atoms with Gasteiger partial charge in [0.25, 0.3) is 0 Å². The van der Waals surface area contributed by atoms with Crippen LogP contribution in [0.3, 0.4) is 0 Å². The van der Waals surface area contributed by atoms with Crippen LogP contribution in [0.1, 0.15) is 20.8 Å². The quantitative estimate of drug-likeness (QED) is 0.303. The molecular formula is C9H26BNO6. The van der Waals surface area contributed by atoms with Gasteiger partial charge in [-0.15, -0.1) is 0 Å². The van der Waals surface area contributed by atoms with Gasteiger partial charge in [-0.05, 0) is 19.6 Å². The van der Waals surface area contributed by atoms with E-state index in [1.54, 1.807) is 0 Å². The Hall–Kier alpha value is -0.215. The molecule has 0 bridgehead atoms. The summed E-state index contributed by atoms with van der Waals surface area (Å²) >= 11 is 0. The molecule has 6 N–H and O–H groups in total. The van der Waals surface area contributed by atoms with Crippen LogP contribution in [-0.4, -0.2) is 81.6 Å². The Morgan fingerprint density at radius 1 is 0.882 bits per heavy atom. The van der Waals surface area contributed by atoms with Crippen molar-refractivity contribution in [1.29, 1.82) is 0 Å².